The summed E-state index contributed by atoms with van der Waals surface area (Å²) in [7, 11) is 0. The fraction of sp³-hybridized carbons (Fsp3) is 0.500. The van der Waals surface area contributed by atoms with Crippen LogP contribution in [0.5, 0.6) is 0 Å². The molecule has 1 aromatic rings. The van der Waals surface area contributed by atoms with Crippen LogP contribution >= 0.6 is 0 Å². The average molecular weight is 291 g/mol. The van der Waals surface area contributed by atoms with Gasteiger partial charge in [-0.3, -0.25) is 14.4 Å². The summed E-state index contributed by atoms with van der Waals surface area (Å²) >= 11 is 0. The molecule has 1 aromatic carbocycles. The lowest BCUT2D eigenvalue weighted by Gasteiger charge is -2.13. The van der Waals surface area contributed by atoms with Crippen LogP contribution in [0.15, 0.2) is 24.3 Å². The minimum atomic E-state index is -0.376. The summed E-state index contributed by atoms with van der Waals surface area (Å²) in [5, 5.41) is 9.53. The lowest BCUT2D eigenvalue weighted by Crippen LogP contribution is -2.30. The number of unbranched alkanes of at least 4 members (excludes halogenated alkanes) is 5. The molecule has 0 radical (unpaired) electrons. The fourth-order valence-corrected chi connectivity index (χ4v) is 2.36. The third kappa shape index (κ3) is 3.89. The second kappa shape index (κ2) is 7.90. The van der Waals surface area contributed by atoms with Gasteiger partial charge in [0.25, 0.3) is 11.8 Å². The molecule has 1 aliphatic rings. The van der Waals surface area contributed by atoms with Crippen LogP contribution in [0.1, 0.15) is 59.2 Å². The van der Waals surface area contributed by atoms with E-state index >= 15 is 0 Å². The highest BCUT2D eigenvalue weighted by atomic mass is 16.7. The molecule has 1 heterocycles. The molecular weight excluding hydrogens is 270 g/mol. The van der Waals surface area contributed by atoms with Crippen LogP contribution in [-0.4, -0.2) is 35.2 Å². The van der Waals surface area contributed by atoms with Crippen molar-refractivity contribution in [3.05, 3.63) is 35.4 Å². The first kappa shape index (κ1) is 15.7. The van der Waals surface area contributed by atoms with Gasteiger partial charge < -0.3 is 5.11 Å². The molecule has 1 N–H and O–H groups in total. The third-order valence-corrected chi connectivity index (χ3v) is 3.53. The average Bonchev–Trinajstić information content (AvgIpc) is 2.75. The SMILES string of the molecule is O=C1c2ccccc2C(=O)N1OCCCCCCCCO. The van der Waals surface area contributed by atoms with Crippen molar-refractivity contribution in [2.45, 2.75) is 38.5 Å². The number of aliphatic hydroxyl groups is 1. The Bertz CT molecular complexity index is 466. The number of carbonyl (C=O) groups excluding carboxylic acids is 2. The smallest absolute Gasteiger partial charge is 0.285 e. The van der Waals surface area contributed by atoms with E-state index in [1.54, 1.807) is 24.3 Å². The van der Waals surface area contributed by atoms with Gasteiger partial charge in [-0.2, -0.15) is 0 Å². The van der Waals surface area contributed by atoms with Crippen molar-refractivity contribution in [3.63, 3.8) is 0 Å². The Kier molecular flexibility index (Phi) is 5.90. The van der Waals surface area contributed by atoms with Gasteiger partial charge in [0.1, 0.15) is 0 Å². The van der Waals surface area contributed by atoms with E-state index in [9.17, 15) is 9.59 Å². The van der Waals surface area contributed by atoms with Crippen molar-refractivity contribution in [2.75, 3.05) is 13.2 Å². The minimum Gasteiger partial charge on any atom is -0.396 e. The zero-order valence-electron chi connectivity index (χ0n) is 12.1. The highest BCUT2D eigenvalue weighted by molar-refractivity contribution is 6.20. The van der Waals surface area contributed by atoms with Gasteiger partial charge in [0.05, 0.1) is 17.7 Å². The van der Waals surface area contributed by atoms with Crippen molar-refractivity contribution < 1.29 is 19.5 Å². The fourth-order valence-electron chi connectivity index (χ4n) is 2.36. The van der Waals surface area contributed by atoms with E-state index in [1.807, 2.05) is 0 Å². The van der Waals surface area contributed by atoms with Gasteiger partial charge in [-0.15, -0.1) is 5.06 Å². The number of amides is 2. The Labute approximate surface area is 124 Å². The zero-order valence-corrected chi connectivity index (χ0v) is 12.1. The van der Waals surface area contributed by atoms with Crippen LogP contribution in [0.2, 0.25) is 0 Å². The van der Waals surface area contributed by atoms with E-state index in [4.69, 9.17) is 9.94 Å². The number of fused-ring (bicyclic) bond motifs is 1. The van der Waals surface area contributed by atoms with Gasteiger partial charge >= 0.3 is 0 Å². The number of benzene rings is 1. The summed E-state index contributed by atoms with van der Waals surface area (Å²) in [5.74, 6) is -0.753. The second-order valence-electron chi connectivity index (χ2n) is 5.13. The number of carbonyl (C=O) groups is 2. The van der Waals surface area contributed by atoms with E-state index < -0.39 is 0 Å². The Morgan fingerprint density at radius 1 is 0.857 bits per heavy atom. The molecule has 0 aliphatic carbocycles. The number of rotatable bonds is 9. The lowest BCUT2D eigenvalue weighted by atomic mass is 10.1. The molecule has 0 aromatic heterocycles. The first-order valence-electron chi connectivity index (χ1n) is 7.47. The molecule has 0 unspecified atom stereocenters. The van der Waals surface area contributed by atoms with Crippen LogP contribution in [0.4, 0.5) is 0 Å². The molecule has 5 nitrogen and oxygen atoms in total. The van der Waals surface area contributed by atoms with Gasteiger partial charge in [-0.05, 0) is 25.0 Å². The molecule has 0 atom stereocenters. The summed E-state index contributed by atoms with van der Waals surface area (Å²) < 4.78 is 0. The summed E-state index contributed by atoms with van der Waals surface area (Å²) in [6.45, 7) is 0.619. The number of aliphatic hydroxyl groups excluding tert-OH is 1. The van der Waals surface area contributed by atoms with Crippen LogP contribution in [0.25, 0.3) is 0 Å². The van der Waals surface area contributed by atoms with E-state index in [1.165, 1.54) is 0 Å². The van der Waals surface area contributed by atoms with E-state index in [-0.39, 0.29) is 18.4 Å². The summed E-state index contributed by atoms with van der Waals surface area (Å²) in [5.41, 5.74) is 0.818. The van der Waals surface area contributed by atoms with E-state index in [2.05, 4.69) is 0 Å². The van der Waals surface area contributed by atoms with Crippen molar-refractivity contribution in [1.29, 1.82) is 0 Å². The Morgan fingerprint density at radius 3 is 1.95 bits per heavy atom. The predicted molar refractivity (Wildman–Crippen MR) is 77.7 cm³/mol. The molecule has 1 aliphatic heterocycles. The number of nitrogens with zero attached hydrogens (tertiary/aromatic N) is 1. The topological polar surface area (TPSA) is 66.8 Å². The van der Waals surface area contributed by atoms with Crippen LogP contribution in [0, 0.1) is 0 Å². The number of hydrogen-bond donors (Lipinski definition) is 1. The zero-order chi connectivity index (χ0) is 15.1. The highest BCUT2D eigenvalue weighted by Gasteiger charge is 2.36. The largest absolute Gasteiger partial charge is 0.396 e. The molecule has 0 fully saturated rings. The quantitative estimate of drug-likeness (QED) is 0.561. The number of imide groups is 1. The molecule has 21 heavy (non-hydrogen) atoms. The summed E-state index contributed by atoms with van der Waals surface area (Å²) in [4.78, 5) is 29.3. The van der Waals surface area contributed by atoms with Crippen molar-refractivity contribution in [2.24, 2.45) is 0 Å². The standard InChI is InChI=1S/C16H21NO4/c18-11-7-3-1-2-4-8-12-21-17-15(19)13-9-5-6-10-14(13)16(17)20/h5-6,9-10,18H,1-4,7-8,11-12H2. The molecule has 0 saturated carbocycles. The Balaban J connectivity index is 1.69. The first-order chi connectivity index (χ1) is 10.3. The van der Waals surface area contributed by atoms with Crippen molar-refractivity contribution in [3.8, 4) is 0 Å². The van der Waals surface area contributed by atoms with Crippen molar-refractivity contribution >= 4 is 11.8 Å². The Hall–Kier alpha value is -1.72. The van der Waals surface area contributed by atoms with Crippen molar-refractivity contribution in [1.82, 2.24) is 5.06 Å². The molecule has 114 valence electrons. The predicted octanol–water partition coefficient (Wildman–Crippen LogP) is 2.55. The van der Waals surface area contributed by atoms with Crippen LogP contribution in [-0.2, 0) is 4.84 Å². The summed E-state index contributed by atoms with van der Waals surface area (Å²) in [6.07, 6.45) is 5.86. The molecule has 0 bridgehead atoms. The van der Waals surface area contributed by atoms with Gasteiger partial charge in [-0.25, -0.2) is 0 Å². The van der Waals surface area contributed by atoms with Crippen LogP contribution in [0.3, 0.4) is 0 Å². The van der Waals surface area contributed by atoms with Crippen LogP contribution < -0.4 is 0 Å². The molecule has 5 heteroatoms. The molecule has 2 rings (SSSR count). The van der Waals surface area contributed by atoms with Gasteiger partial charge in [0, 0.05) is 6.61 Å². The van der Waals surface area contributed by atoms with E-state index in [0.29, 0.717) is 17.7 Å². The molecule has 2 amide bonds. The van der Waals surface area contributed by atoms with E-state index in [0.717, 1.165) is 43.6 Å². The molecular formula is C16H21NO4. The van der Waals surface area contributed by atoms with Gasteiger partial charge in [0.2, 0.25) is 0 Å². The number of hydrogen-bond acceptors (Lipinski definition) is 4. The molecule has 0 saturated heterocycles. The summed E-state index contributed by atoms with van der Waals surface area (Å²) in [6, 6.07) is 6.75. The number of hydroxylamine groups is 2. The Morgan fingerprint density at radius 2 is 1.38 bits per heavy atom. The molecule has 0 spiro atoms. The van der Waals surface area contributed by atoms with Gasteiger partial charge in [-0.1, -0.05) is 37.8 Å². The lowest BCUT2D eigenvalue weighted by molar-refractivity contribution is -0.0922. The van der Waals surface area contributed by atoms with Gasteiger partial charge in [0.15, 0.2) is 0 Å². The monoisotopic (exact) mass is 291 g/mol. The normalized spacial score (nSPS) is 13.9. The maximum absolute atomic E-state index is 12.0. The maximum atomic E-state index is 12.0. The minimum absolute atomic E-state index is 0.253. The maximum Gasteiger partial charge on any atom is 0.285 e. The highest BCUT2D eigenvalue weighted by Crippen LogP contribution is 2.22. The second-order valence-corrected chi connectivity index (χ2v) is 5.13. The first-order valence-corrected chi connectivity index (χ1v) is 7.47. The third-order valence-electron chi connectivity index (χ3n) is 3.53.